The maximum atomic E-state index is 11.1. The Bertz CT molecular complexity index is 527. The first kappa shape index (κ1) is 13.9. The predicted octanol–water partition coefficient (Wildman–Crippen LogP) is 0.989. The van der Waals surface area contributed by atoms with E-state index in [9.17, 15) is 4.79 Å². The van der Waals surface area contributed by atoms with E-state index in [1.54, 1.807) is 6.92 Å². The van der Waals surface area contributed by atoms with Crippen molar-refractivity contribution < 1.29 is 9.53 Å². The second-order valence-corrected chi connectivity index (χ2v) is 4.10. The molecule has 0 fully saturated rings. The van der Waals surface area contributed by atoms with Gasteiger partial charge in [-0.1, -0.05) is 30.3 Å². The number of carbonyl (C=O) groups is 1. The van der Waals surface area contributed by atoms with Crippen molar-refractivity contribution in [3.63, 3.8) is 0 Å². The molecule has 20 heavy (non-hydrogen) atoms. The lowest BCUT2D eigenvalue weighted by Crippen LogP contribution is -2.49. The molecule has 0 aliphatic carbocycles. The lowest BCUT2D eigenvalue weighted by Gasteiger charge is -2.20. The number of rotatable bonds is 2. The Hall–Kier alpha value is -2.57. The Balaban J connectivity index is 1.94. The third-order valence-corrected chi connectivity index (χ3v) is 2.63. The first-order valence-electron chi connectivity index (χ1n) is 6.36. The summed E-state index contributed by atoms with van der Waals surface area (Å²) in [6.45, 7) is 3.97. The van der Waals surface area contributed by atoms with Gasteiger partial charge in [-0.3, -0.25) is 5.43 Å². The number of ether oxygens (including phenoxy) is 1. The average Bonchev–Trinajstić information content (AvgIpc) is 2.46. The summed E-state index contributed by atoms with van der Waals surface area (Å²) in [4.78, 5) is 15.5. The number of amides is 1. The van der Waals surface area contributed by atoms with Gasteiger partial charge in [-0.15, -0.1) is 0 Å². The molecule has 3 N–H and O–H groups in total. The number of benzene rings is 1. The zero-order valence-corrected chi connectivity index (χ0v) is 11.4. The van der Waals surface area contributed by atoms with E-state index in [4.69, 9.17) is 4.74 Å². The summed E-state index contributed by atoms with van der Waals surface area (Å²) in [7, 11) is 0. The molecule has 0 radical (unpaired) electrons. The van der Waals surface area contributed by atoms with E-state index in [0.29, 0.717) is 12.6 Å². The highest BCUT2D eigenvalue weighted by Crippen LogP contribution is 2.09. The number of carbonyl (C=O) groups excluding carboxylic acids is 1. The highest BCUT2D eigenvalue weighted by Gasteiger charge is 2.17. The zero-order chi connectivity index (χ0) is 14.4. The fourth-order valence-electron chi connectivity index (χ4n) is 1.74. The molecule has 1 aliphatic rings. The normalized spacial score (nSPS) is 17.4. The molecule has 1 atom stereocenters. The highest BCUT2D eigenvalue weighted by molar-refractivity contribution is 6.07. The van der Waals surface area contributed by atoms with Crippen molar-refractivity contribution >= 4 is 17.8 Å². The Labute approximate surface area is 117 Å². The Kier molecular flexibility index (Phi) is 4.54. The van der Waals surface area contributed by atoms with Crippen molar-refractivity contribution in [2.75, 3.05) is 6.61 Å². The van der Waals surface area contributed by atoms with Crippen molar-refractivity contribution in [2.45, 2.75) is 19.9 Å². The number of hydrazine groups is 1. The number of guanidine groups is 1. The standard InChI is InChI=1S/C13H17N5O2/c1-3-20-13(19)18-17-12-14-9(2)11(15-16-12)10-7-5-4-6-8-10/h4-9H,3H2,1-2H3,(H,18,19)(H2,14,16,17). The van der Waals surface area contributed by atoms with Crippen LogP contribution in [0, 0.1) is 0 Å². The van der Waals surface area contributed by atoms with Crippen LogP contribution in [-0.2, 0) is 4.74 Å². The first-order chi connectivity index (χ1) is 9.70. The SMILES string of the molecule is CCOC(=O)NNC1=NC(C)C(c2ccccc2)=NN1. The average molecular weight is 275 g/mol. The Morgan fingerprint density at radius 3 is 2.80 bits per heavy atom. The highest BCUT2D eigenvalue weighted by atomic mass is 16.5. The van der Waals surface area contributed by atoms with Gasteiger partial charge in [0.25, 0.3) is 0 Å². The maximum absolute atomic E-state index is 11.1. The van der Waals surface area contributed by atoms with Crippen LogP contribution in [0.4, 0.5) is 4.79 Å². The molecule has 1 aliphatic heterocycles. The molecule has 1 unspecified atom stereocenters. The molecular formula is C13H17N5O2. The van der Waals surface area contributed by atoms with Crippen LogP contribution in [0.5, 0.6) is 0 Å². The molecule has 0 saturated carbocycles. The quantitative estimate of drug-likeness (QED) is 0.702. The Morgan fingerprint density at radius 2 is 2.15 bits per heavy atom. The number of hydrogen-bond acceptors (Lipinski definition) is 6. The van der Waals surface area contributed by atoms with E-state index in [2.05, 4.69) is 26.4 Å². The van der Waals surface area contributed by atoms with Crippen LogP contribution in [0.1, 0.15) is 19.4 Å². The van der Waals surface area contributed by atoms with Gasteiger partial charge in [0.05, 0.1) is 18.4 Å². The van der Waals surface area contributed by atoms with Crippen molar-refractivity contribution in [3.8, 4) is 0 Å². The molecule has 106 valence electrons. The van der Waals surface area contributed by atoms with Gasteiger partial charge in [0, 0.05) is 0 Å². The topological polar surface area (TPSA) is 87.1 Å². The van der Waals surface area contributed by atoms with E-state index >= 15 is 0 Å². The largest absolute Gasteiger partial charge is 0.449 e. The lowest BCUT2D eigenvalue weighted by atomic mass is 10.0. The van der Waals surface area contributed by atoms with Crippen LogP contribution in [0.2, 0.25) is 0 Å². The van der Waals surface area contributed by atoms with Gasteiger partial charge >= 0.3 is 6.09 Å². The van der Waals surface area contributed by atoms with Crippen LogP contribution >= 0.6 is 0 Å². The van der Waals surface area contributed by atoms with E-state index in [0.717, 1.165) is 11.3 Å². The van der Waals surface area contributed by atoms with Gasteiger partial charge in [-0.2, -0.15) is 5.10 Å². The van der Waals surface area contributed by atoms with Crippen LogP contribution < -0.4 is 16.3 Å². The third kappa shape index (κ3) is 3.47. The number of nitrogens with zero attached hydrogens (tertiary/aromatic N) is 2. The summed E-state index contributed by atoms with van der Waals surface area (Å²) >= 11 is 0. The molecule has 0 spiro atoms. The smallest absolute Gasteiger partial charge is 0.426 e. The molecule has 1 amide bonds. The molecule has 1 aromatic rings. The van der Waals surface area contributed by atoms with Gasteiger partial charge < -0.3 is 4.74 Å². The fourth-order valence-corrected chi connectivity index (χ4v) is 1.74. The van der Waals surface area contributed by atoms with Crippen LogP contribution in [0.15, 0.2) is 40.4 Å². The summed E-state index contributed by atoms with van der Waals surface area (Å²) in [6.07, 6.45) is -0.567. The summed E-state index contributed by atoms with van der Waals surface area (Å²) in [5.41, 5.74) is 9.57. The second-order valence-electron chi connectivity index (χ2n) is 4.10. The van der Waals surface area contributed by atoms with Crippen molar-refractivity contribution in [1.29, 1.82) is 0 Å². The zero-order valence-electron chi connectivity index (χ0n) is 11.4. The van der Waals surface area contributed by atoms with Gasteiger partial charge in [-0.25, -0.2) is 20.6 Å². The number of aliphatic imine (C=N–C) groups is 1. The van der Waals surface area contributed by atoms with Gasteiger partial charge in [0.2, 0.25) is 5.96 Å². The van der Waals surface area contributed by atoms with Crippen LogP contribution in [0.3, 0.4) is 0 Å². The van der Waals surface area contributed by atoms with E-state index in [-0.39, 0.29) is 6.04 Å². The molecular weight excluding hydrogens is 258 g/mol. The Morgan fingerprint density at radius 1 is 1.40 bits per heavy atom. The maximum Gasteiger partial charge on any atom is 0.426 e. The molecule has 0 bridgehead atoms. The lowest BCUT2D eigenvalue weighted by molar-refractivity contribution is 0.150. The van der Waals surface area contributed by atoms with E-state index < -0.39 is 6.09 Å². The predicted molar refractivity (Wildman–Crippen MR) is 76.3 cm³/mol. The summed E-state index contributed by atoms with van der Waals surface area (Å²) in [6, 6.07) is 9.67. The van der Waals surface area contributed by atoms with Gasteiger partial charge in [0.1, 0.15) is 0 Å². The third-order valence-electron chi connectivity index (χ3n) is 2.63. The molecule has 7 heteroatoms. The van der Waals surface area contributed by atoms with Crippen molar-refractivity contribution in [2.24, 2.45) is 10.1 Å². The number of nitrogens with one attached hydrogen (secondary N) is 3. The fraction of sp³-hybridized carbons (Fsp3) is 0.308. The summed E-state index contributed by atoms with van der Waals surface area (Å²) in [5, 5.41) is 4.27. The first-order valence-corrected chi connectivity index (χ1v) is 6.36. The molecule has 7 nitrogen and oxygen atoms in total. The minimum absolute atomic E-state index is 0.120. The molecule has 0 saturated heterocycles. The summed E-state index contributed by atoms with van der Waals surface area (Å²) < 4.78 is 4.72. The minimum Gasteiger partial charge on any atom is -0.449 e. The molecule has 2 rings (SSSR count). The van der Waals surface area contributed by atoms with Gasteiger partial charge in [-0.05, 0) is 19.4 Å². The van der Waals surface area contributed by atoms with Crippen LogP contribution in [-0.4, -0.2) is 30.4 Å². The number of hydrazone groups is 1. The van der Waals surface area contributed by atoms with Crippen molar-refractivity contribution in [1.82, 2.24) is 16.3 Å². The molecule has 0 aromatic heterocycles. The number of hydrogen-bond donors (Lipinski definition) is 3. The molecule has 1 aromatic carbocycles. The minimum atomic E-state index is -0.567. The van der Waals surface area contributed by atoms with Gasteiger partial charge in [0.15, 0.2) is 0 Å². The van der Waals surface area contributed by atoms with Crippen molar-refractivity contribution in [3.05, 3.63) is 35.9 Å². The molecule has 1 heterocycles. The van der Waals surface area contributed by atoms with E-state index in [1.165, 1.54) is 0 Å². The second kappa shape index (κ2) is 6.55. The summed E-state index contributed by atoms with van der Waals surface area (Å²) in [5.74, 6) is 0.366. The van der Waals surface area contributed by atoms with E-state index in [1.807, 2.05) is 37.3 Å². The monoisotopic (exact) mass is 275 g/mol. The van der Waals surface area contributed by atoms with Crippen LogP contribution in [0.25, 0.3) is 0 Å².